The second-order valence-corrected chi connectivity index (χ2v) is 6.77. The lowest BCUT2D eigenvalue weighted by molar-refractivity contribution is 0.0695. The normalized spacial score (nSPS) is 14.9. The first kappa shape index (κ1) is 17.3. The molecule has 0 spiro atoms. The van der Waals surface area contributed by atoms with Gasteiger partial charge in [0, 0.05) is 30.8 Å². The van der Waals surface area contributed by atoms with E-state index in [0.717, 1.165) is 43.6 Å². The van der Waals surface area contributed by atoms with E-state index in [9.17, 15) is 4.79 Å². The van der Waals surface area contributed by atoms with Crippen molar-refractivity contribution in [2.75, 3.05) is 25.0 Å². The molecule has 3 aromatic rings. The predicted octanol–water partition coefficient (Wildman–Crippen LogP) is 3.70. The second kappa shape index (κ2) is 8.03. The minimum absolute atomic E-state index is 0.118. The van der Waals surface area contributed by atoms with Gasteiger partial charge in [-0.2, -0.15) is 4.98 Å². The molecule has 27 heavy (non-hydrogen) atoms. The van der Waals surface area contributed by atoms with Gasteiger partial charge in [0.25, 0.3) is 17.7 Å². The topological polar surface area (TPSA) is 71.3 Å². The fraction of sp³-hybridized carbons (Fsp3) is 0.286. The van der Waals surface area contributed by atoms with Crippen LogP contribution in [0.1, 0.15) is 23.2 Å². The van der Waals surface area contributed by atoms with Crippen LogP contribution in [0.3, 0.4) is 0 Å². The highest BCUT2D eigenvalue weighted by molar-refractivity contribution is 5.94. The third-order valence-electron chi connectivity index (χ3n) is 4.92. The van der Waals surface area contributed by atoms with Gasteiger partial charge in [0.1, 0.15) is 0 Å². The zero-order valence-electron chi connectivity index (χ0n) is 15.0. The number of hydrogen-bond acceptors (Lipinski definition) is 5. The first-order valence-electron chi connectivity index (χ1n) is 9.27. The average Bonchev–Trinajstić information content (AvgIpc) is 3.22. The van der Waals surface area contributed by atoms with Crippen molar-refractivity contribution >= 4 is 11.9 Å². The third-order valence-corrected chi connectivity index (χ3v) is 4.92. The second-order valence-electron chi connectivity index (χ2n) is 6.77. The molecule has 0 unspecified atom stereocenters. The van der Waals surface area contributed by atoms with Crippen LogP contribution < -0.4 is 5.32 Å². The number of carbonyl (C=O) groups is 1. The molecule has 1 fully saturated rings. The molecular formula is C21H22N4O2. The number of hydrogen-bond donors (Lipinski definition) is 1. The maximum absolute atomic E-state index is 12.5. The lowest BCUT2D eigenvalue weighted by Gasteiger charge is -2.32. The van der Waals surface area contributed by atoms with Crippen LogP contribution in [0.2, 0.25) is 0 Å². The van der Waals surface area contributed by atoms with Crippen LogP contribution in [-0.4, -0.2) is 40.6 Å². The number of likely N-dealkylation sites (tertiary alicyclic amines) is 1. The van der Waals surface area contributed by atoms with Crippen LogP contribution in [-0.2, 0) is 0 Å². The summed E-state index contributed by atoms with van der Waals surface area (Å²) in [6, 6.07) is 19.2. The maximum Gasteiger partial charge on any atom is 0.263 e. The smallest absolute Gasteiger partial charge is 0.263 e. The molecule has 1 aromatic heterocycles. The van der Waals surface area contributed by atoms with Gasteiger partial charge < -0.3 is 14.7 Å². The molecule has 138 valence electrons. The molecule has 6 heteroatoms. The Hall–Kier alpha value is -3.15. The van der Waals surface area contributed by atoms with Crippen molar-refractivity contribution in [3.05, 3.63) is 66.2 Å². The van der Waals surface area contributed by atoms with Crippen molar-refractivity contribution < 1.29 is 9.32 Å². The van der Waals surface area contributed by atoms with Crippen LogP contribution in [0.15, 0.2) is 65.2 Å². The number of piperidine rings is 1. The Balaban J connectivity index is 1.27. The van der Waals surface area contributed by atoms with Gasteiger partial charge in [-0.3, -0.25) is 4.79 Å². The van der Waals surface area contributed by atoms with Gasteiger partial charge in [-0.15, -0.1) is 0 Å². The molecule has 1 N–H and O–H groups in total. The highest BCUT2D eigenvalue weighted by atomic mass is 16.5. The molecule has 2 aromatic carbocycles. The lowest BCUT2D eigenvalue weighted by Crippen LogP contribution is -2.39. The van der Waals surface area contributed by atoms with Crippen LogP contribution in [0.25, 0.3) is 11.5 Å². The van der Waals surface area contributed by atoms with Crippen molar-refractivity contribution in [2.24, 2.45) is 5.92 Å². The van der Waals surface area contributed by atoms with Crippen molar-refractivity contribution in [3.8, 4) is 11.5 Å². The van der Waals surface area contributed by atoms with Gasteiger partial charge in [0.15, 0.2) is 0 Å². The molecule has 2 heterocycles. The summed E-state index contributed by atoms with van der Waals surface area (Å²) >= 11 is 0. The highest BCUT2D eigenvalue weighted by Crippen LogP contribution is 2.21. The molecule has 1 saturated heterocycles. The first-order chi connectivity index (χ1) is 13.3. The number of anilines is 1. The van der Waals surface area contributed by atoms with E-state index in [0.29, 0.717) is 17.8 Å². The first-order valence-corrected chi connectivity index (χ1v) is 9.27. The molecule has 1 amide bonds. The van der Waals surface area contributed by atoms with Crippen LogP contribution >= 0.6 is 0 Å². The number of benzene rings is 2. The van der Waals surface area contributed by atoms with Gasteiger partial charge in [0.2, 0.25) is 0 Å². The summed E-state index contributed by atoms with van der Waals surface area (Å²) in [5.74, 6) is 1.63. The zero-order valence-corrected chi connectivity index (χ0v) is 15.0. The molecule has 0 bridgehead atoms. The number of nitrogens with zero attached hydrogens (tertiary/aromatic N) is 3. The van der Waals surface area contributed by atoms with E-state index in [1.165, 1.54) is 0 Å². The minimum Gasteiger partial charge on any atom is -0.351 e. The van der Waals surface area contributed by atoms with Crippen LogP contribution in [0, 0.1) is 5.92 Å². The fourth-order valence-corrected chi connectivity index (χ4v) is 3.33. The van der Waals surface area contributed by atoms with Crippen molar-refractivity contribution in [2.45, 2.75) is 12.8 Å². The number of nitrogens with one attached hydrogen (secondary N) is 1. The Morgan fingerprint density at radius 1 is 1.04 bits per heavy atom. The summed E-state index contributed by atoms with van der Waals surface area (Å²) in [5, 5.41) is 7.26. The Morgan fingerprint density at radius 3 is 2.41 bits per heavy atom. The van der Waals surface area contributed by atoms with Crippen LogP contribution in [0.4, 0.5) is 5.95 Å². The van der Waals surface area contributed by atoms with Gasteiger partial charge >= 0.3 is 0 Å². The van der Waals surface area contributed by atoms with E-state index in [-0.39, 0.29) is 5.91 Å². The molecule has 1 aliphatic rings. The molecule has 1 aliphatic heterocycles. The van der Waals surface area contributed by atoms with Crippen molar-refractivity contribution in [3.63, 3.8) is 0 Å². The SMILES string of the molecule is O=C(c1ccccc1)N1CCC(CNc2noc(-c3ccccc3)n2)CC1. The van der Waals surface area contributed by atoms with Crippen molar-refractivity contribution in [1.29, 1.82) is 0 Å². The molecule has 4 rings (SSSR count). The predicted molar refractivity (Wildman–Crippen MR) is 103 cm³/mol. The molecule has 0 atom stereocenters. The van der Waals surface area contributed by atoms with Gasteiger partial charge in [0.05, 0.1) is 0 Å². The summed E-state index contributed by atoms with van der Waals surface area (Å²) < 4.78 is 5.31. The van der Waals surface area contributed by atoms with Crippen LogP contribution in [0.5, 0.6) is 0 Å². The van der Waals surface area contributed by atoms with Gasteiger partial charge in [-0.1, -0.05) is 36.4 Å². The summed E-state index contributed by atoms with van der Waals surface area (Å²) in [7, 11) is 0. The molecule has 0 aliphatic carbocycles. The van der Waals surface area contributed by atoms with E-state index in [1.54, 1.807) is 0 Å². The van der Waals surface area contributed by atoms with Gasteiger partial charge in [-0.05, 0) is 48.2 Å². The monoisotopic (exact) mass is 362 g/mol. The molecule has 0 radical (unpaired) electrons. The summed E-state index contributed by atoms with van der Waals surface area (Å²) in [5.41, 5.74) is 1.67. The summed E-state index contributed by atoms with van der Waals surface area (Å²) in [4.78, 5) is 18.8. The standard InChI is InChI=1S/C21H22N4O2/c26-20(18-9-5-2-6-10-18)25-13-11-16(12-14-25)15-22-21-23-19(27-24-21)17-7-3-1-4-8-17/h1-10,16H,11-15H2,(H,22,24). The van der Waals surface area contributed by atoms with E-state index in [1.807, 2.05) is 65.6 Å². The number of amides is 1. The lowest BCUT2D eigenvalue weighted by atomic mass is 9.96. The average molecular weight is 362 g/mol. The Kier molecular flexibility index (Phi) is 5.14. The molecule has 6 nitrogen and oxygen atoms in total. The fourth-order valence-electron chi connectivity index (χ4n) is 3.33. The number of rotatable bonds is 5. The summed E-state index contributed by atoms with van der Waals surface area (Å²) in [6.07, 6.45) is 1.93. The van der Waals surface area contributed by atoms with E-state index in [4.69, 9.17) is 4.52 Å². The Labute approximate surface area is 158 Å². The van der Waals surface area contributed by atoms with E-state index < -0.39 is 0 Å². The Morgan fingerprint density at radius 2 is 1.70 bits per heavy atom. The van der Waals surface area contributed by atoms with Crippen molar-refractivity contribution in [1.82, 2.24) is 15.0 Å². The van der Waals surface area contributed by atoms with E-state index in [2.05, 4.69) is 15.5 Å². The largest absolute Gasteiger partial charge is 0.351 e. The quantitative estimate of drug-likeness (QED) is 0.749. The molecule has 0 saturated carbocycles. The Bertz CT molecular complexity index is 871. The zero-order chi connectivity index (χ0) is 18.5. The molecular weight excluding hydrogens is 340 g/mol. The summed E-state index contributed by atoms with van der Waals surface area (Å²) in [6.45, 7) is 2.34. The highest BCUT2D eigenvalue weighted by Gasteiger charge is 2.23. The number of carbonyl (C=O) groups excluding carboxylic acids is 1. The minimum atomic E-state index is 0.118. The van der Waals surface area contributed by atoms with E-state index >= 15 is 0 Å². The number of aromatic nitrogens is 2. The third kappa shape index (κ3) is 4.16. The van der Waals surface area contributed by atoms with Gasteiger partial charge in [-0.25, -0.2) is 0 Å². The maximum atomic E-state index is 12.5.